The molecule has 2 aliphatic heterocycles. The number of anilines is 2. The lowest BCUT2D eigenvalue weighted by atomic mass is 10.1. The maximum absolute atomic E-state index is 13.2. The van der Waals surface area contributed by atoms with E-state index in [0.29, 0.717) is 0 Å². The van der Waals surface area contributed by atoms with Crippen molar-refractivity contribution < 1.29 is 19.2 Å². The fraction of sp³-hybridized carbons (Fsp3) is 0.286. The molecular weight excluding hydrogens is 585 g/mol. The third-order valence-corrected chi connectivity index (χ3v) is 9.40. The Bertz CT molecular complexity index is 1320. The molecule has 2 N–H and O–H groups in total. The number of thioether (sulfide) groups is 2. The molecule has 4 amide bonds. The van der Waals surface area contributed by atoms with E-state index >= 15 is 0 Å². The van der Waals surface area contributed by atoms with Crippen molar-refractivity contribution in [2.75, 3.05) is 23.7 Å². The van der Waals surface area contributed by atoms with Crippen LogP contribution in [0, 0.1) is 0 Å². The highest BCUT2D eigenvalue weighted by Crippen LogP contribution is 2.42. The third-order valence-electron chi connectivity index (χ3n) is 6.37. The van der Waals surface area contributed by atoms with Gasteiger partial charge in [-0.3, -0.25) is 29.0 Å². The average Bonchev–Trinajstić information content (AvgIpc) is 3.39. The summed E-state index contributed by atoms with van der Waals surface area (Å²) in [6.45, 7) is 4.20. The van der Waals surface area contributed by atoms with Crippen molar-refractivity contribution >= 4 is 91.6 Å². The number of carbonyl (C=O) groups is 4. The van der Waals surface area contributed by atoms with E-state index in [9.17, 15) is 19.2 Å². The molecule has 208 valence electrons. The number of nitrogens with zero attached hydrogens (tertiary/aromatic N) is 2. The van der Waals surface area contributed by atoms with Crippen LogP contribution in [0.1, 0.15) is 37.8 Å². The van der Waals surface area contributed by atoms with Crippen LogP contribution in [-0.2, 0) is 32.0 Å². The van der Waals surface area contributed by atoms with Crippen LogP contribution < -0.4 is 10.6 Å². The van der Waals surface area contributed by atoms with Gasteiger partial charge in [-0.25, -0.2) is 0 Å². The number of benzene rings is 2. The fourth-order valence-corrected chi connectivity index (χ4v) is 6.98. The highest BCUT2D eigenvalue weighted by atomic mass is 32.2. The molecule has 2 heterocycles. The normalized spacial score (nSPS) is 17.1. The summed E-state index contributed by atoms with van der Waals surface area (Å²) in [4.78, 5) is 54.6. The maximum atomic E-state index is 13.2. The second kappa shape index (κ2) is 13.5. The topological polar surface area (TPSA) is 98.8 Å². The summed E-state index contributed by atoms with van der Waals surface area (Å²) < 4.78 is 0.557. The smallest absolute Gasteiger partial charge is 0.267 e. The van der Waals surface area contributed by atoms with E-state index in [-0.39, 0.29) is 56.2 Å². The molecule has 2 aromatic carbocycles. The van der Waals surface area contributed by atoms with Gasteiger partial charge in [0.15, 0.2) is 0 Å². The molecule has 8 nitrogen and oxygen atoms in total. The van der Waals surface area contributed by atoms with Crippen molar-refractivity contribution in [2.24, 2.45) is 0 Å². The molecule has 2 fully saturated rings. The van der Waals surface area contributed by atoms with Crippen LogP contribution in [0.25, 0.3) is 0 Å². The Morgan fingerprint density at radius 2 is 1.07 bits per heavy atom. The summed E-state index contributed by atoms with van der Waals surface area (Å²) in [6, 6.07) is 15.1. The first-order valence-corrected chi connectivity index (χ1v) is 15.3. The number of aryl methyl sites for hydroxylation is 2. The lowest BCUT2D eigenvalue weighted by molar-refractivity contribution is -0.125. The molecule has 40 heavy (non-hydrogen) atoms. The molecule has 0 aromatic heterocycles. The first-order chi connectivity index (χ1) is 19.2. The lowest BCUT2D eigenvalue weighted by Crippen LogP contribution is -2.33. The van der Waals surface area contributed by atoms with E-state index in [1.807, 2.05) is 62.4 Å². The van der Waals surface area contributed by atoms with Gasteiger partial charge in [0.05, 0.1) is 9.81 Å². The van der Waals surface area contributed by atoms with E-state index in [1.165, 1.54) is 9.80 Å². The number of rotatable bonds is 10. The molecule has 0 unspecified atom stereocenters. The standard InChI is InChI=1S/C28H28N4O4S4/c1-3-17-9-5-7-11-19(17)29-21(33)13-15-31-25(35)23(39-27(31)37)24-26(36)32(28(38)40-24)16-14-22(34)30-20-12-8-6-10-18(20)4-2/h5-12H,3-4,13-16H2,1-2H3,(H,29,33)(H,30,34). The zero-order valence-corrected chi connectivity index (χ0v) is 25.3. The Morgan fingerprint density at radius 3 is 1.45 bits per heavy atom. The highest BCUT2D eigenvalue weighted by molar-refractivity contribution is 8.29. The second-order valence-electron chi connectivity index (χ2n) is 8.93. The van der Waals surface area contributed by atoms with E-state index in [4.69, 9.17) is 24.4 Å². The Kier molecular flexibility index (Phi) is 10.1. The molecule has 2 saturated heterocycles. The quantitative estimate of drug-likeness (QED) is 0.283. The molecule has 2 aromatic rings. The Hall–Kier alpha value is -3.06. The first kappa shape index (κ1) is 29.9. The number of thiocarbonyl (C=S) groups is 2. The van der Waals surface area contributed by atoms with Gasteiger partial charge in [0.1, 0.15) is 8.64 Å². The van der Waals surface area contributed by atoms with Gasteiger partial charge in [0.2, 0.25) is 11.8 Å². The molecule has 0 spiro atoms. The second-order valence-corrected chi connectivity index (χ2v) is 12.2. The van der Waals surface area contributed by atoms with Gasteiger partial charge in [-0.05, 0) is 36.1 Å². The minimum Gasteiger partial charge on any atom is -0.326 e. The molecule has 0 aliphatic carbocycles. The van der Waals surface area contributed by atoms with Gasteiger partial charge in [-0.2, -0.15) is 0 Å². The van der Waals surface area contributed by atoms with Crippen molar-refractivity contribution in [1.29, 1.82) is 0 Å². The summed E-state index contributed by atoms with van der Waals surface area (Å²) in [5.41, 5.74) is 3.53. The number of hydrogen-bond donors (Lipinski definition) is 2. The van der Waals surface area contributed by atoms with E-state index < -0.39 is 11.8 Å². The largest absolute Gasteiger partial charge is 0.326 e. The molecule has 0 saturated carbocycles. The molecule has 12 heteroatoms. The summed E-state index contributed by atoms with van der Waals surface area (Å²) >= 11 is 12.9. The van der Waals surface area contributed by atoms with E-state index in [0.717, 1.165) is 58.9 Å². The molecule has 2 aliphatic rings. The van der Waals surface area contributed by atoms with Gasteiger partial charge >= 0.3 is 0 Å². The monoisotopic (exact) mass is 612 g/mol. The average molecular weight is 613 g/mol. The fourth-order valence-electron chi connectivity index (χ4n) is 4.21. The predicted octanol–water partition coefficient (Wildman–Crippen LogP) is 5.10. The summed E-state index contributed by atoms with van der Waals surface area (Å²) in [6.07, 6.45) is 1.66. The molecule has 4 rings (SSSR count). The predicted molar refractivity (Wildman–Crippen MR) is 169 cm³/mol. The Labute approximate surface area is 252 Å². The lowest BCUT2D eigenvalue weighted by Gasteiger charge is -2.15. The van der Waals surface area contributed by atoms with Crippen LogP contribution in [0.5, 0.6) is 0 Å². The van der Waals surface area contributed by atoms with Crippen LogP contribution in [-0.4, -0.2) is 55.2 Å². The van der Waals surface area contributed by atoms with E-state index in [2.05, 4.69) is 10.6 Å². The van der Waals surface area contributed by atoms with Crippen LogP contribution in [0.4, 0.5) is 11.4 Å². The number of carbonyl (C=O) groups excluding carboxylic acids is 4. The van der Waals surface area contributed by atoms with Crippen LogP contribution in [0.15, 0.2) is 58.3 Å². The van der Waals surface area contributed by atoms with Gasteiger partial charge in [-0.15, -0.1) is 0 Å². The SMILES string of the molecule is CCc1ccccc1NC(=O)CCN1C(=O)C(=C2SC(=S)N(CCC(=O)Nc3ccccc3CC)C2=O)SC1=S. The van der Waals surface area contributed by atoms with Gasteiger partial charge in [0, 0.05) is 37.3 Å². The Balaban J connectivity index is 1.35. The van der Waals surface area contributed by atoms with Crippen LogP contribution >= 0.6 is 48.0 Å². The minimum absolute atomic E-state index is 0.0506. The first-order valence-electron chi connectivity index (χ1n) is 12.8. The van der Waals surface area contributed by atoms with Gasteiger partial charge < -0.3 is 10.6 Å². The van der Waals surface area contributed by atoms with Crippen molar-refractivity contribution in [2.45, 2.75) is 39.5 Å². The number of para-hydroxylation sites is 2. The maximum Gasteiger partial charge on any atom is 0.267 e. The molecule has 0 atom stereocenters. The molecule has 0 bridgehead atoms. The van der Waals surface area contributed by atoms with Gasteiger partial charge in [0.25, 0.3) is 11.8 Å². The number of hydrogen-bond acceptors (Lipinski definition) is 8. The number of amides is 4. The molecule has 0 radical (unpaired) electrons. The highest BCUT2D eigenvalue weighted by Gasteiger charge is 2.42. The summed E-state index contributed by atoms with van der Waals surface area (Å²) in [5.74, 6) is -1.32. The zero-order chi connectivity index (χ0) is 28.8. The minimum atomic E-state index is -0.425. The third kappa shape index (κ3) is 6.80. The van der Waals surface area contributed by atoms with Crippen LogP contribution in [0.2, 0.25) is 0 Å². The van der Waals surface area contributed by atoms with Crippen molar-refractivity contribution in [1.82, 2.24) is 9.80 Å². The summed E-state index contributed by atoms with van der Waals surface area (Å²) in [5, 5.41) is 5.78. The Morgan fingerprint density at radius 1 is 0.700 bits per heavy atom. The number of nitrogens with one attached hydrogen (secondary N) is 2. The zero-order valence-electron chi connectivity index (χ0n) is 22.0. The van der Waals surface area contributed by atoms with Crippen molar-refractivity contribution in [3.63, 3.8) is 0 Å². The van der Waals surface area contributed by atoms with Crippen molar-refractivity contribution in [3.05, 3.63) is 69.5 Å². The summed E-state index contributed by atoms with van der Waals surface area (Å²) in [7, 11) is 0. The van der Waals surface area contributed by atoms with Crippen LogP contribution in [0.3, 0.4) is 0 Å². The molecular formula is C28H28N4O4S4. The van der Waals surface area contributed by atoms with E-state index in [1.54, 1.807) is 0 Å². The van der Waals surface area contributed by atoms with Crippen molar-refractivity contribution in [3.8, 4) is 0 Å². The van der Waals surface area contributed by atoms with Gasteiger partial charge in [-0.1, -0.05) is 98.2 Å².